The molecule has 0 saturated carbocycles. The lowest BCUT2D eigenvalue weighted by atomic mass is 10.1. The molecule has 1 amide bonds. The first kappa shape index (κ1) is 16.2. The Morgan fingerprint density at radius 1 is 1.50 bits per heavy atom. The number of sulfone groups is 1. The summed E-state index contributed by atoms with van der Waals surface area (Å²) in [5.74, 6) is -0.209. The number of carbonyl (C=O) groups excluding carboxylic acids is 1. The van der Waals surface area contributed by atoms with Gasteiger partial charge in [-0.3, -0.25) is 9.48 Å². The summed E-state index contributed by atoms with van der Waals surface area (Å²) in [5, 5.41) is 15.9. The number of aromatic nitrogens is 2. The predicted molar refractivity (Wildman–Crippen MR) is 81.7 cm³/mol. The Labute approximate surface area is 129 Å². The Morgan fingerprint density at radius 2 is 2.18 bits per heavy atom. The number of nitrogens with zero attached hydrogens (tertiary/aromatic N) is 3. The van der Waals surface area contributed by atoms with E-state index in [1.165, 1.54) is 13.1 Å². The molecule has 0 aromatic carbocycles. The van der Waals surface area contributed by atoms with Gasteiger partial charge in [0.25, 0.3) is 5.91 Å². The number of aryl methyl sites for hydroxylation is 1. The van der Waals surface area contributed by atoms with Crippen molar-refractivity contribution in [2.45, 2.75) is 26.3 Å². The fourth-order valence-corrected chi connectivity index (χ4v) is 4.33. The van der Waals surface area contributed by atoms with Crippen LogP contribution in [0.15, 0.2) is 5.57 Å². The lowest BCUT2D eigenvalue weighted by molar-refractivity contribution is -0.116. The topological polar surface area (TPSA) is 105 Å². The number of hydrogen-bond acceptors (Lipinski definition) is 5. The number of hydrogen-bond donors (Lipinski definition) is 1. The molecule has 22 heavy (non-hydrogen) atoms. The van der Waals surface area contributed by atoms with Crippen molar-refractivity contribution in [3.8, 4) is 6.07 Å². The Kier molecular flexibility index (Phi) is 4.37. The van der Waals surface area contributed by atoms with Crippen LogP contribution in [-0.2, 0) is 14.6 Å². The number of nitrogens with one attached hydrogen (secondary N) is 1. The predicted octanol–water partition coefficient (Wildman–Crippen LogP) is 0.513. The van der Waals surface area contributed by atoms with Crippen LogP contribution in [0.4, 0.5) is 0 Å². The number of carbonyl (C=O) groups is 1. The Bertz CT molecular complexity index is 784. The molecule has 0 spiro atoms. The molecule has 1 aromatic heterocycles. The highest BCUT2D eigenvalue weighted by molar-refractivity contribution is 7.91. The largest absolute Gasteiger partial charge is 0.354 e. The Balaban J connectivity index is 2.42. The first-order chi connectivity index (χ1) is 10.3. The normalized spacial score (nSPS) is 20.6. The van der Waals surface area contributed by atoms with Gasteiger partial charge in [-0.2, -0.15) is 10.4 Å². The van der Waals surface area contributed by atoms with E-state index in [1.807, 2.05) is 13.0 Å². The second-order valence-corrected chi connectivity index (χ2v) is 7.56. The smallest absolute Gasteiger partial charge is 0.261 e. The van der Waals surface area contributed by atoms with Crippen molar-refractivity contribution in [1.29, 1.82) is 5.26 Å². The van der Waals surface area contributed by atoms with Crippen LogP contribution in [0.1, 0.15) is 29.4 Å². The zero-order valence-corrected chi connectivity index (χ0v) is 13.6. The van der Waals surface area contributed by atoms with Crippen LogP contribution >= 0.6 is 0 Å². The van der Waals surface area contributed by atoms with Crippen LogP contribution in [0, 0.1) is 25.2 Å². The van der Waals surface area contributed by atoms with E-state index < -0.39 is 15.7 Å². The van der Waals surface area contributed by atoms with Crippen LogP contribution in [-0.4, -0.2) is 42.7 Å². The zero-order chi connectivity index (χ0) is 16.5. The van der Waals surface area contributed by atoms with Crippen LogP contribution in [0.3, 0.4) is 0 Å². The minimum absolute atomic E-state index is 0.00714. The number of rotatable bonds is 3. The lowest BCUT2D eigenvalue weighted by Crippen LogP contribution is -2.19. The molecule has 118 valence electrons. The third-order valence-electron chi connectivity index (χ3n) is 3.82. The van der Waals surface area contributed by atoms with Gasteiger partial charge in [-0.15, -0.1) is 0 Å². The molecule has 1 atom stereocenters. The SMILES string of the molecule is CNC(=O)/C(C#N)=C/c1c(C)nn([C@@H]2CCS(=O)(=O)C2)c1C. The maximum absolute atomic E-state index is 11.6. The van der Waals surface area contributed by atoms with E-state index in [0.29, 0.717) is 17.7 Å². The molecule has 1 aromatic rings. The fraction of sp³-hybridized carbons (Fsp3) is 0.500. The molecule has 1 aliphatic heterocycles. The molecular formula is C14H18N4O3S. The average molecular weight is 322 g/mol. The highest BCUT2D eigenvalue weighted by atomic mass is 32.2. The highest BCUT2D eigenvalue weighted by Gasteiger charge is 2.31. The van der Waals surface area contributed by atoms with E-state index in [-0.39, 0.29) is 23.1 Å². The summed E-state index contributed by atoms with van der Waals surface area (Å²) in [6.07, 6.45) is 2.03. The molecule has 0 radical (unpaired) electrons. The summed E-state index contributed by atoms with van der Waals surface area (Å²) in [6, 6.07) is 1.68. The monoisotopic (exact) mass is 322 g/mol. The van der Waals surface area contributed by atoms with Crippen LogP contribution in [0.25, 0.3) is 6.08 Å². The van der Waals surface area contributed by atoms with Crippen molar-refractivity contribution in [3.63, 3.8) is 0 Å². The summed E-state index contributed by atoms with van der Waals surface area (Å²) in [7, 11) is -1.54. The second kappa shape index (κ2) is 5.93. The molecule has 0 unspecified atom stereocenters. The van der Waals surface area contributed by atoms with E-state index in [2.05, 4.69) is 10.4 Å². The van der Waals surface area contributed by atoms with E-state index in [0.717, 1.165) is 5.69 Å². The summed E-state index contributed by atoms with van der Waals surface area (Å²) in [6.45, 7) is 3.59. The molecule has 1 N–H and O–H groups in total. The van der Waals surface area contributed by atoms with E-state index >= 15 is 0 Å². The molecule has 2 heterocycles. The minimum Gasteiger partial charge on any atom is -0.354 e. The molecule has 1 saturated heterocycles. The molecule has 1 fully saturated rings. The van der Waals surface area contributed by atoms with Crippen molar-refractivity contribution in [1.82, 2.24) is 15.1 Å². The fourth-order valence-electron chi connectivity index (χ4n) is 2.64. The summed E-state index contributed by atoms with van der Waals surface area (Å²) in [5.41, 5.74) is 2.10. The lowest BCUT2D eigenvalue weighted by Gasteiger charge is -2.11. The van der Waals surface area contributed by atoms with Gasteiger partial charge in [-0.05, 0) is 26.3 Å². The maximum atomic E-state index is 11.6. The summed E-state index contributed by atoms with van der Waals surface area (Å²) in [4.78, 5) is 11.6. The second-order valence-electron chi connectivity index (χ2n) is 5.33. The van der Waals surface area contributed by atoms with Crippen molar-refractivity contribution < 1.29 is 13.2 Å². The van der Waals surface area contributed by atoms with Gasteiger partial charge in [-0.1, -0.05) is 0 Å². The minimum atomic E-state index is -3.00. The third kappa shape index (κ3) is 3.04. The van der Waals surface area contributed by atoms with E-state index in [9.17, 15) is 13.2 Å². The molecule has 2 rings (SSSR count). The molecule has 1 aliphatic rings. The molecule has 0 bridgehead atoms. The maximum Gasteiger partial charge on any atom is 0.261 e. The van der Waals surface area contributed by atoms with Gasteiger partial charge in [-0.25, -0.2) is 8.42 Å². The Morgan fingerprint density at radius 3 is 2.68 bits per heavy atom. The molecule has 8 heteroatoms. The highest BCUT2D eigenvalue weighted by Crippen LogP contribution is 2.27. The van der Waals surface area contributed by atoms with Gasteiger partial charge < -0.3 is 5.32 Å². The number of nitriles is 1. The van der Waals surface area contributed by atoms with Gasteiger partial charge >= 0.3 is 0 Å². The number of amides is 1. The quantitative estimate of drug-likeness (QED) is 0.645. The van der Waals surface area contributed by atoms with Gasteiger partial charge in [0.05, 0.1) is 23.2 Å². The van der Waals surface area contributed by atoms with Crippen molar-refractivity contribution in [2.75, 3.05) is 18.6 Å². The van der Waals surface area contributed by atoms with Crippen molar-refractivity contribution in [2.24, 2.45) is 0 Å². The van der Waals surface area contributed by atoms with Gasteiger partial charge in [0, 0.05) is 18.3 Å². The molecule has 0 aliphatic carbocycles. The van der Waals surface area contributed by atoms with Crippen LogP contribution in [0.2, 0.25) is 0 Å². The first-order valence-corrected chi connectivity index (χ1v) is 8.71. The zero-order valence-electron chi connectivity index (χ0n) is 12.8. The van der Waals surface area contributed by atoms with E-state index in [1.54, 1.807) is 11.6 Å². The summed E-state index contributed by atoms with van der Waals surface area (Å²) < 4.78 is 24.9. The van der Waals surface area contributed by atoms with Crippen molar-refractivity contribution in [3.05, 3.63) is 22.5 Å². The van der Waals surface area contributed by atoms with Crippen molar-refractivity contribution >= 4 is 21.8 Å². The summed E-state index contributed by atoms with van der Waals surface area (Å²) >= 11 is 0. The number of likely N-dealkylation sites (N-methyl/N-ethyl adjacent to an activating group) is 1. The van der Waals surface area contributed by atoms with Gasteiger partial charge in [0.2, 0.25) is 0 Å². The van der Waals surface area contributed by atoms with Crippen LogP contribution in [0.5, 0.6) is 0 Å². The van der Waals surface area contributed by atoms with Gasteiger partial charge in [0.15, 0.2) is 9.84 Å². The first-order valence-electron chi connectivity index (χ1n) is 6.89. The average Bonchev–Trinajstić information content (AvgIpc) is 2.96. The standard InChI is InChI=1S/C14H18N4O3S/c1-9-13(6-11(7-15)14(19)16-3)10(2)18(17-9)12-4-5-22(20,21)8-12/h6,12H,4-5,8H2,1-3H3,(H,16,19)/b11-6+/t12-/m1/s1. The van der Waals surface area contributed by atoms with Gasteiger partial charge in [0.1, 0.15) is 11.6 Å². The Hall–Kier alpha value is -2.14. The molecular weight excluding hydrogens is 304 g/mol. The van der Waals surface area contributed by atoms with Crippen LogP contribution < -0.4 is 5.32 Å². The third-order valence-corrected chi connectivity index (χ3v) is 5.57. The molecule has 7 nitrogen and oxygen atoms in total. The van der Waals surface area contributed by atoms with E-state index in [4.69, 9.17) is 5.26 Å².